The highest BCUT2D eigenvalue weighted by Crippen LogP contribution is 2.33. The van der Waals surface area contributed by atoms with Crippen LogP contribution in [0.1, 0.15) is 35.2 Å². The number of hydrogen-bond acceptors (Lipinski definition) is 4. The van der Waals surface area contributed by atoms with Gasteiger partial charge in [-0.25, -0.2) is 4.39 Å². The van der Waals surface area contributed by atoms with Gasteiger partial charge in [0.1, 0.15) is 11.6 Å². The van der Waals surface area contributed by atoms with Crippen LogP contribution in [0.25, 0.3) is 0 Å². The van der Waals surface area contributed by atoms with E-state index in [1.54, 1.807) is 4.90 Å². The molecule has 0 spiro atoms. The van der Waals surface area contributed by atoms with E-state index >= 15 is 4.39 Å². The van der Waals surface area contributed by atoms with Gasteiger partial charge in [0.25, 0.3) is 5.91 Å². The first kappa shape index (κ1) is 20.3. The minimum Gasteiger partial charge on any atom is -0.493 e. The Bertz CT molecular complexity index is 989. The van der Waals surface area contributed by atoms with Gasteiger partial charge in [-0.1, -0.05) is 0 Å². The molecule has 0 bridgehead atoms. The smallest absolute Gasteiger partial charge is 0.258 e. The number of carbonyl (C=O) groups excluding carboxylic acids is 1. The zero-order valence-electron chi connectivity index (χ0n) is 18.3. The van der Waals surface area contributed by atoms with Crippen molar-refractivity contribution in [1.82, 2.24) is 4.90 Å². The van der Waals surface area contributed by atoms with E-state index in [1.807, 2.05) is 30.3 Å². The number of halogens is 1. The van der Waals surface area contributed by atoms with Crippen molar-refractivity contribution < 1.29 is 13.9 Å². The molecule has 5 rings (SSSR count). The normalized spacial score (nSPS) is 21.0. The second-order valence-corrected chi connectivity index (χ2v) is 9.27. The average Bonchev–Trinajstić information content (AvgIpc) is 3.46. The van der Waals surface area contributed by atoms with Crippen molar-refractivity contribution in [3.05, 3.63) is 53.3 Å². The van der Waals surface area contributed by atoms with Gasteiger partial charge in [-0.2, -0.15) is 0 Å². The van der Waals surface area contributed by atoms with Crippen LogP contribution in [0.2, 0.25) is 0 Å². The molecule has 1 saturated heterocycles. The third-order valence-corrected chi connectivity index (χ3v) is 6.82. The van der Waals surface area contributed by atoms with Crippen LogP contribution in [0.4, 0.5) is 15.8 Å². The molecule has 2 aromatic carbocycles. The maximum atomic E-state index is 15.0. The summed E-state index contributed by atoms with van der Waals surface area (Å²) in [6, 6.07) is 11.4. The fourth-order valence-electron chi connectivity index (χ4n) is 4.60. The standard InChI is InChI=1S/C25H30FN3O2/c1-27(2)20-10-11-28(15-20)24-8-5-19(14-23(24)26)29-12-9-18-13-21(31-16-17-3-4-17)6-7-22(18)25(29)30/h5-8,13-14,17,20H,3-4,9-12,15-16H2,1-2H3. The first-order chi connectivity index (χ1) is 15.0. The molecule has 2 fully saturated rings. The summed E-state index contributed by atoms with van der Waals surface area (Å²) in [6.07, 6.45) is 4.27. The maximum absolute atomic E-state index is 15.0. The number of hydrogen-bond donors (Lipinski definition) is 0. The summed E-state index contributed by atoms with van der Waals surface area (Å²) in [4.78, 5) is 19.1. The zero-order valence-corrected chi connectivity index (χ0v) is 18.3. The van der Waals surface area contributed by atoms with Crippen LogP contribution in [0.5, 0.6) is 5.75 Å². The van der Waals surface area contributed by atoms with E-state index in [-0.39, 0.29) is 11.7 Å². The Morgan fingerprint density at radius 3 is 2.65 bits per heavy atom. The van der Waals surface area contributed by atoms with Crippen LogP contribution < -0.4 is 14.5 Å². The average molecular weight is 424 g/mol. The van der Waals surface area contributed by atoms with Crippen LogP contribution in [0.15, 0.2) is 36.4 Å². The topological polar surface area (TPSA) is 36.0 Å². The third-order valence-electron chi connectivity index (χ3n) is 6.82. The van der Waals surface area contributed by atoms with Gasteiger partial charge in [0.15, 0.2) is 0 Å². The minimum atomic E-state index is -0.265. The lowest BCUT2D eigenvalue weighted by Crippen LogP contribution is -2.37. The number of likely N-dealkylation sites (N-methyl/N-ethyl adjacent to an activating group) is 1. The number of amides is 1. The Kier molecular flexibility index (Phi) is 5.34. The Morgan fingerprint density at radius 2 is 1.94 bits per heavy atom. The van der Waals surface area contributed by atoms with Crippen LogP contribution in [0, 0.1) is 11.7 Å². The number of ether oxygens (including phenoxy) is 1. The van der Waals surface area contributed by atoms with Crippen molar-refractivity contribution >= 4 is 17.3 Å². The second kappa shape index (κ2) is 8.15. The second-order valence-electron chi connectivity index (χ2n) is 9.27. The molecule has 1 saturated carbocycles. The summed E-state index contributed by atoms with van der Waals surface area (Å²) < 4.78 is 20.9. The quantitative estimate of drug-likeness (QED) is 0.705. The molecule has 2 heterocycles. The number of fused-ring (bicyclic) bond motifs is 1. The molecule has 2 aromatic rings. The first-order valence-electron chi connectivity index (χ1n) is 11.3. The highest BCUT2D eigenvalue weighted by atomic mass is 19.1. The van der Waals surface area contributed by atoms with Gasteiger partial charge in [0, 0.05) is 36.9 Å². The highest BCUT2D eigenvalue weighted by Gasteiger charge is 2.29. The third kappa shape index (κ3) is 4.13. The molecule has 3 aliphatic rings. The summed E-state index contributed by atoms with van der Waals surface area (Å²) in [7, 11) is 4.13. The number of nitrogens with zero attached hydrogens (tertiary/aromatic N) is 3. The fourth-order valence-corrected chi connectivity index (χ4v) is 4.60. The van der Waals surface area contributed by atoms with E-state index in [0.717, 1.165) is 43.9 Å². The monoisotopic (exact) mass is 423 g/mol. The van der Waals surface area contributed by atoms with E-state index in [2.05, 4.69) is 23.9 Å². The van der Waals surface area contributed by atoms with Gasteiger partial charge < -0.3 is 19.4 Å². The number of carbonyl (C=O) groups is 1. The Balaban J connectivity index is 1.31. The van der Waals surface area contributed by atoms with Crippen molar-refractivity contribution in [3.8, 4) is 5.75 Å². The van der Waals surface area contributed by atoms with Gasteiger partial charge in [0.2, 0.25) is 0 Å². The van der Waals surface area contributed by atoms with E-state index in [9.17, 15) is 4.79 Å². The predicted octanol–water partition coefficient (Wildman–Crippen LogP) is 3.96. The molecule has 2 aliphatic heterocycles. The zero-order chi connectivity index (χ0) is 21.5. The summed E-state index contributed by atoms with van der Waals surface area (Å²) in [6.45, 7) is 2.98. The SMILES string of the molecule is CN(C)C1CCN(c2ccc(N3CCc4cc(OCC5CC5)ccc4C3=O)cc2F)C1. The van der Waals surface area contributed by atoms with E-state index < -0.39 is 0 Å². The maximum Gasteiger partial charge on any atom is 0.258 e. The van der Waals surface area contributed by atoms with Crippen molar-refractivity contribution in [2.24, 2.45) is 5.92 Å². The Morgan fingerprint density at radius 1 is 1.10 bits per heavy atom. The summed E-state index contributed by atoms with van der Waals surface area (Å²) in [5, 5.41) is 0. The van der Waals surface area contributed by atoms with E-state index in [4.69, 9.17) is 4.74 Å². The summed E-state index contributed by atoms with van der Waals surface area (Å²) >= 11 is 0. The molecule has 0 radical (unpaired) electrons. The molecule has 1 unspecified atom stereocenters. The number of benzene rings is 2. The lowest BCUT2D eigenvalue weighted by atomic mass is 9.98. The summed E-state index contributed by atoms with van der Waals surface area (Å²) in [5.41, 5.74) is 2.94. The van der Waals surface area contributed by atoms with Gasteiger partial charge in [-0.15, -0.1) is 0 Å². The first-order valence-corrected chi connectivity index (χ1v) is 11.3. The van der Waals surface area contributed by atoms with Gasteiger partial charge in [0.05, 0.1) is 12.3 Å². The molecule has 6 heteroatoms. The van der Waals surface area contributed by atoms with Crippen molar-refractivity contribution in [2.75, 3.05) is 50.1 Å². The molecule has 5 nitrogen and oxygen atoms in total. The van der Waals surface area contributed by atoms with Gasteiger partial charge in [-0.05, 0) is 87.7 Å². The number of rotatable bonds is 6. The lowest BCUT2D eigenvalue weighted by Gasteiger charge is -2.30. The lowest BCUT2D eigenvalue weighted by molar-refractivity contribution is 0.0980. The van der Waals surface area contributed by atoms with Gasteiger partial charge >= 0.3 is 0 Å². The van der Waals surface area contributed by atoms with Crippen molar-refractivity contribution in [1.29, 1.82) is 0 Å². The fraction of sp³-hybridized carbons (Fsp3) is 0.480. The molecule has 1 atom stereocenters. The molecule has 0 N–H and O–H groups in total. The largest absolute Gasteiger partial charge is 0.493 e. The number of anilines is 2. The Labute approximate surface area is 183 Å². The Hall–Kier alpha value is -2.60. The van der Waals surface area contributed by atoms with Crippen LogP contribution in [-0.4, -0.2) is 57.2 Å². The van der Waals surface area contributed by atoms with Crippen LogP contribution >= 0.6 is 0 Å². The highest BCUT2D eigenvalue weighted by molar-refractivity contribution is 6.08. The van der Waals surface area contributed by atoms with E-state index in [1.165, 1.54) is 18.9 Å². The van der Waals surface area contributed by atoms with Gasteiger partial charge in [-0.3, -0.25) is 4.79 Å². The van der Waals surface area contributed by atoms with Crippen molar-refractivity contribution in [3.63, 3.8) is 0 Å². The molecule has 164 valence electrons. The predicted molar refractivity (Wildman–Crippen MR) is 121 cm³/mol. The molecule has 1 amide bonds. The molecule has 0 aromatic heterocycles. The minimum absolute atomic E-state index is 0.0732. The van der Waals surface area contributed by atoms with Crippen LogP contribution in [-0.2, 0) is 6.42 Å². The molecular formula is C25H30FN3O2. The van der Waals surface area contributed by atoms with Crippen LogP contribution in [0.3, 0.4) is 0 Å². The summed E-state index contributed by atoms with van der Waals surface area (Å²) in [5.74, 6) is 1.19. The molecular weight excluding hydrogens is 393 g/mol. The van der Waals surface area contributed by atoms with E-state index in [0.29, 0.717) is 35.4 Å². The molecule has 1 aliphatic carbocycles. The molecule has 31 heavy (non-hydrogen) atoms. The van der Waals surface area contributed by atoms with Crippen molar-refractivity contribution in [2.45, 2.75) is 31.7 Å².